The lowest BCUT2D eigenvalue weighted by atomic mass is 10.1. The van der Waals surface area contributed by atoms with Crippen LogP contribution in [0.2, 0.25) is 10.0 Å². The summed E-state index contributed by atoms with van der Waals surface area (Å²) in [5.74, 6) is -1.31. The van der Waals surface area contributed by atoms with Crippen LogP contribution in [-0.4, -0.2) is 44.3 Å². The second-order valence-electron chi connectivity index (χ2n) is 9.61. The smallest absolute Gasteiger partial charge is 0.354 e. The normalized spacial score (nSPS) is 12.5. The molecule has 1 N–H and O–H groups in total. The quantitative estimate of drug-likeness (QED) is 0.260. The fraction of sp³-hybridized carbons (Fsp3) is 0.310. The Morgan fingerprint density at radius 2 is 1.64 bits per heavy atom. The molecule has 0 aliphatic rings. The number of amides is 2. The lowest BCUT2D eigenvalue weighted by Gasteiger charge is -2.32. The van der Waals surface area contributed by atoms with Gasteiger partial charge in [-0.25, -0.2) is 8.42 Å². The minimum absolute atomic E-state index is 0.155. The Bertz CT molecular complexity index is 1530. The van der Waals surface area contributed by atoms with E-state index in [4.69, 9.17) is 23.2 Å². The van der Waals surface area contributed by atoms with Crippen molar-refractivity contribution in [3.63, 3.8) is 0 Å². The minimum atomic E-state index is -4.76. The first-order valence-corrected chi connectivity index (χ1v) is 15.1. The van der Waals surface area contributed by atoms with Crippen LogP contribution in [0.4, 0.5) is 18.9 Å². The van der Waals surface area contributed by atoms with Crippen LogP contribution in [0.25, 0.3) is 0 Å². The average molecular weight is 645 g/mol. The number of anilines is 1. The maximum absolute atomic E-state index is 13.9. The summed E-state index contributed by atoms with van der Waals surface area (Å²) >= 11 is 12.2. The van der Waals surface area contributed by atoms with E-state index < -0.39 is 46.2 Å². The third-order valence-corrected chi connectivity index (χ3v) is 8.93. The number of hydrogen-bond donors (Lipinski definition) is 1. The van der Waals surface area contributed by atoms with Gasteiger partial charge in [0.2, 0.25) is 11.8 Å². The molecule has 0 aromatic heterocycles. The molecule has 0 saturated carbocycles. The maximum Gasteiger partial charge on any atom is 0.416 e. The zero-order chi connectivity index (χ0) is 31.2. The Morgan fingerprint density at radius 1 is 0.976 bits per heavy atom. The van der Waals surface area contributed by atoms with Crippen molar-refractivity contribution in [1.82, 2.24) is 10.2 Å². The lowest BCUT2D eigenvalue weighted by molar-refractivity contribution is -0.139. The molecule has 13 heteroatoms. The van der Waals surface area contributed by atoms with Gasteiger partial charge in [0.25, 0.3) is 10.0 Å². The fourth-order valence-corrected chi connectivity index (χ4v) is 5.74. The van der Waals surface area contributed by atoms with Crippen LogP contribution in [-0.2, 0) is 32.3 Å². The van der Waals surface area contributed by atoms with Crippen molar-refractivity contribution in [2.75, 3.05) is 17.4 Å². The highest BCUT2D eigenvalue weighted by Gasteiger charge is 2.35. The molecule has 0 heterocycles. The molecule has 0 saturated heterocycles. The summed E-state index contributed by atoms with van der Waals surface area (Å²) in [6.45, 7) is 4.38. The number of sulfonamides is 1. The van der Waals surface area contributed by atoms with Gasteiger partial charge in [0.05, 0.1) is 26.2 Å². The summed E-state index contributed by atoms with van der Waals surface area (Å²) in [4.78, 5) is 27.7. The van der Waals surface area contributed by atoms with E-state index in [0.717, 1.165) is 22.6 Å². The number of halogens is 5. The number of benzene rings is 3. The number of nitrogens with one attached hydrogen (secondary N) is 1. The molecule has 7 nitrogen and oxygen atoms in total. The van der Waals surface area contributed by atoms with E-state index in [1.807, 2.05) is 6.92 Å². The summed E-state index contributed by atoms with van der Waals surface area (Å²) in [7, 11) is -4.53. The monoisotopic (exact) mass is 643 g/mol. The van der Waals surface area contributed by atoms with E-state index >= 15 is 0 Å². The maximum atomic E-state index is 13.9. The number of carbonyl (C=O) groups is 2. The highest BCUT2D eigenvalue weighted by atomic mass is 35.5. The van der Waals surface area contributed by atoms with Gasteiger partial charge in [0.15, 0.2) is 0 Å². The third-order valence-electron chi connectivity index (χ3n) is 6.40. The molecule has 0 aliphatic heterocycles. The van der Waals surface area contributed by atoms with Gasteiger partial charge in [-0.15, -0.1) is 0 Å². The summed E-state index contributed by atoms with van der Waals surface area (Å²) in [6.07, 6.45) is -4.12. The minimum Gasteiger partial charge on any atom is -0.354 e. The molecule has 42 heavy (non-hydrogen) atoms. The van der Waals surface area contributed by atoms with Gasteiger partial charge in [0, 0.05) is 13.1 Å². The van der Waals surface area contributed by atoms with Crippen molar-refractivity contribution in [3.8, 4) is 0 Å². The standard InChI is InChI=1S/C29H30Cl2F3N3O4S/c1-4-14-35-28(39)20(3)36(17-21-10-13-25(30)26(31)15-21)27(38)18-37(23-7-5-6-22(16-23)29(32,33)34)42(40,41)24-11-8-19(2)9-12-24/h5-13,15-16,20H,4,14,17-18H2,1-3H3,(H,35,39)/t20-/m0/s1. The van der Waals surface area contributed by atoms with Crippen LogP contribution in [0.15, 0.2) is 71.6 Å². The van der Waals surface area contributed by atoms with Gasteiger partial charge >= 0.3 is 6.18 Å². The summed E-state index contributed by atoms with van der Waals surface area (Å²) in [5, 5.41) is 3.18. The van der Waals surface area contributed by atoms with Crippen molar-refractivity contribution in [1.29, 1.82) is 0 Å². The summed E-state index contributed by atoms with van der Waals surface area (Å²) in [6, 6.07) is 13.0. The molecule has 0 fully saturated rings. The first-order chi connectivity index (χ1) is 19.6. The zero-order valence-corrected chi connectivity index (χ0v) is 25.4. The molecule has 0 bridgehead atoms. The first-order valence-electron chi connectivity index (χ1n) is 12.9. The second-order valence-corrected chi connectivity index (χ2v) is 12.3. The van der Waals surface area contributed by atoms with Gasteiger partial charge in [-0.3, -0.25) is 13.9 Å². The molecule has 3 aromatic carbocycles. The zero-order valence-electron chi connectivity index (χ0n) is 23.1. The van der Waals surface area contributed by atoms with Gasteiger partial charge in [0.1, 0.15) is 12.6 Å². The van der Waals surface area contributed by atoms with Crippen molar-refractivity contribution in [3.05, 3.63) is 93.5 Å². The first kappa shape index (κ1) is 33.2. The Morgan fingerprint density at radius 3 is 2.24 bits per heavy atom. The number of aryl methyl sites for hydroxylation is 1. The fourth-order valence-electron chi connectivity index (χ4n) is 4.02. The SMILES string of the molecule is CCCNC(=O)[C@H](C)N(Cc1ccc(Cl)c(Cl)c1)C(=O)CN(c1cccc(C(F)(F)F)c1)S(=O)(=O)c1ccc(C)cc1. The van der Waals surface area contributed by atoms with Crippen LogP contribution in [0.5, 0.6) is 0 Å². The van der Waals surface area contributed by atoms with Gasteiger partial charge in [-0.1, -0.05) is 60.0 Å². The molecule has 226 valence electrons. The van der Waals surface area contributed by atoms with Crippen LogP contribution < -0.4 is 9.62 Å². The van der Waals surface area contributed by atoms with Crippen LogP contribution in [0, 0.1) is 6.92 Å². The highest BCUT2D eigenvalue weighted by Crippen LogP contribution is 2.33. The summed E-state index contributed by atoms with van der Waals surface area (Å²) in [5.41, 5.74) is -0.192. The Labute approximate surface area is 253 Å². The molecular weight excluding hydrogens is 614 g/mol. The van der Waals surface area contributed by atoms with Crippen LogP contribution in [0.3, 0.4) is 0 Å². The van der Waals surface area contributed by atoms with E-state index in [1.165, 1.54) is 49.4 Å². The number of rotatable bonds is 11. The van der Waals surface area contributed by atoms with E-state index in [0.29, 0.717) is 28.9 Å². The van der Waals surface area contributed by atoms with Crippen molar-refractivity contribution in [2.45, 2.75) is 50.9 Å². The number of nitrogens with zero attached hydrogens (tertiary/aromatic N) is 2. The molecule has 0 spiro atoms. The molecule has 0 unspecified atom stereocenters. The van der Waals surface area contributed by atoms with Gasteiger partial charge < -0.3 is 10.2 Å². The number of carbonyl (C=O) groups excluding carboxylic acids is 2. The average Bonchev–Trinajstić information content (AvgIpc) is 2.94. The molecule has 3 aromatic rings. The summed E-state index contributed by atoms with van der Waals surface area (Å²) < 4.78 is 69.0. The van der Waals surface area contributed by atoms with Crippen LogP contribution >= 0.6 is 23.2 Å². The molecule has 0 aliphatic carbocycles. The van der Waals surface area contributed by atoms with Crippen molar-refractivity contribution < 1.29 is 31.2 Å². The lowest BCUT2D eigenvalue weighted by Crippen LogP contribution is -2.51. The Hall–Kier alpha value is -3.28. The largest absolute Gasteiger partial charge is 0.416 e. The van der Waals surface area contributed by atoms with E-state index in [-0.39, 0.29) is 27.2 Å². The van der Waals surface area contributed by atoms with E-state index in [2.05, 4.69) is 5.32 Å². The Balaban J connectivity index is 2.09. The van der Waals surface area contributed by atoms with E-state index in [9.17, 15) is 31.2 Å². The predicted molar refractivity (Wildman–Crippen MR) is 157 cm³/mol. The Kier molecular flexibility index (Phi) is 10.9. The molecule has 1 atom stereocenters. The van der Waals surface area contributed by atoms with Gasteiger partial charge in [-0.05, 0) is 68.3 Å². The van der Waals surface area contributed by atoms with Crippen molar-refractivity contribution in [2.24, 2.45) is 0 Å². The number of hydrogen-bond acceptors (Lipinski definition) is 4. The van der Waals surface area contributed by atoms with E-state index in [1.54, 1.807) is 13.0 Å². The molecule has 2 amide bonds. The highest BCUT2D eigenvalue weighted by molar-refractivity contribution is 7.92. The van der Waals surface area contributed by atoms with Crippen molar-refractivity contribution >= 4 is 50.7 Å². The molecular formula is C29H30Cl2F3N3O4S. The predicted octanol–water partition coefficient (Wildman–Crippen LogP) is 6.46. The third kappa shape index (κ3) is 8.17. The second kappa shape index (κ2) is 13.8. The van der Waals surface area contributed by atoms with Gasteiger partial charge in [-0.2, -0.15) is 13.2 Å². The molecule has 3 rings (SSSR count). The topological polar surface area (TPSA) is 86.8 Å². The molecule has 0 radical (unpaired) electrons. The van der Waals surface area contributed by atoms with Crippen LogP contribution in [0.1, 0.15) is 37.0 Å². The number of alkyl halides is 3.